The molecule has 2 aromatic rings. The average Bonchev–Trinajstić information content (AvgIpc) is 3.46. The number of aromatic amines is 1. The molecule has 7 nitrogen and oxygen atoms in total. The van der Waals surface area contributed by atoms with Gasteiger partial charge in [-0.05, 0) is 55.6 Å². The number of aromatic nitrogens is 2. The first-order valence-electron chi connectivity index (χ1n) is 10.9. The molecule has 2 atom stereocenters. The largest absolute Gasteiger partial charge is 0.362 e. The second-order valence-corrected chi connectivity index (χ2v) is 9.20. The van der Waals surface area contributed by atoms with Crippen molar-refractivity contribution < 1.29 is 9.53 Å². The van der Waals surface area contributed by atoms with E-state index in [9.17, 15) is 4.79 Å². The maximum atomic E-state index is 13.1. The first kappa shape index (κ1) is 20.5. The number of benzene rings is 1. The molecule has 5 rings (SSSR count). The van der Waals surface area contributed by atoms with Gasteiger partial charge in [-0.15, -0.1) is 0 Å². The third kappa shape index (κ3) is 3.86. The number of likely N-dealkylation sites (tertiary alicyclic amines) is 1. The minimum absolute atomic E-state index is 0.101. The second-order valence-electron chi connectivity index (χ2n) is 8.79. The van der Waals surface area contributed by atoms with Crippen LogP contribution in [-0.2, 0) is 11.3 Å². The molecule has 4 heterocycles. The number of halogens is 1. The summed E-state index contributed by atoms with van der Waals surface area (Å²) in [6, 6.07) is 3.95. The van der Waals surface area contributed by atoms with E-state index in [1.807, 2.05) is 17.0 Å². The van der Waals surface area contributed by atoms with Crippen LogP contribution in [-0.4, -0.2) is 65.2 Å². The van der Waals surface area contributed by atoms with Crippen LogP contribution in [0.1, 0.15) is 41.5 Å². The Morgan fingerprint density at radius 3 is 2.87 bits per heavy atom. The van der Waals surface area contributed by atoms with Crippen LogP contribution in [0.15, 0.2) is 29.4 Å². The number of nitrogens with zero attached hydrogens (tertiary/aromatic N) is 3. The summed E-state index contributed by atoms with van der Waals surface area (Å²) >= 11 is 6.42. The molecule has 0 aliphatic carbocycles. The van der Waals surface area contributed by atoms with Crippen molar-refractivity contribution in [3.8, 4) is 0 Å². The molecular weight excluding hydrogens is 414 g/mol. The van der Waals surface area contributed by atoms with Gasteiger partial charge in [0, 0.05) is 38.5 Å². The van der Waals surface area contributed by atoms with Crippen LogP contribution in [0.5, 0.6) is 0 Å². The zero-order valence-electron chi connectivity index (χ0n) is 17.9. The van der Waals surface area contributed by atoms with Gasteiger partial charge in [0.05, 0.1) is 21.6 Å². The number of dihydropyridines is 1. The van der Waals surface area contributed by atoms with Crippen molar-refractivity contribution in [1.82, 2.24) is 25.1 Å². The fraction of sp³-hybridized carbons (Fsp3) is 0.478. The van der Waals surface area contributed by atoms with Gasteiger partial charge >= 0.3 is 0 Å². The monoisotopic (exact) mass is 441 g/mol. The highest BCUT2D eigenvalue weighted by atomic mass is 35.5. The third-order valence-corrected chi connectivity index (χ3v) is 6.70. The van der Waals surface area contributed by atoms with Crippen LogP contribution in [0, 0.1) is 5.92 Å². The number of imidazole rings is 1. The summed E-state index contributed by atoms with van der Waals surface area (Å²) in [5.74, 6) is 1.21. The zero-order chi connectivity index (χ0) is 21.5. The number of hydrogen-bond donors (Lipinski definition) is 2. The van der Waals surface area contributed by atoms with Gasteiger partial charge in [-0.3, -0.25) is 4.79 Å². The molecule has 2 unspecified atom stereocenters. The van der Waals surface area contributed by atoms with Gasteiger partial charge in [0.2, 0.25) is 0 Å². The number of methoxy groups -OCH3 is 1. The summed E-state index contributed by atoms with van der Waals surface area (Å²) in [5.41, 5.74) is 4.21. The second kappa shape index (κ2) is 8.30. The number of carbonyl (C=O) groups is 1. The minimum Gasteiger partial charge on any atom is -0.362 e. The van der Waals surface area contributed by atoms with Crippen LogP contribution < -0.4 is 5.32 Å². The van der Waals surface area contributed by atoms with Crippen molar-refractivity contribution in [2.75, 3.05) is 33.3 Å². The van der Waals surface area contributed by atoms with Gasteiger partial charge in [0.15, 0.2) is 6.23 Å². The fourth-order valence-corrected chi connectivity index (χ4v) is 5.18. The molecule has 31 heavy (non-hydrogen) atoms. The highest BCUT2D eigenvalue weighted by Crippen LogP contribution is 2.32. The van der Waals surface area contributed by atoms with E-state index in [1.165, 1.54) is 25.9 Å². The van der Waals surface area contributed by atoms with Crippen LogP contribution >= 0.6 is 11.6 Å². The number of fused-ring (bicyclic) bond motifs is 2. The smallest absolute Gasteiger partial charge is 0.254 e. The standard InChI is InChI=1S/C23H28ClN5O2/c1-14(11-28-7-3-4-8-28)12-29-13-15-9-18-19(10-16(15)23(29)30)27-21(26-18)20-17(24)5-6-25-22(20)31-2/h5-6,9-10,14,22,25H,3-4,7-8,11-13H2,1-2H3,(H,26,27). The molecule has 2 N–H and O–H groups in total. The maximum absolute atomic E-state index is 13.1. The molecule has 0 bridgehead atoms. The number of nitrogens with one attached hydrogen (secondary N) is 2. The highest BCUT2D eigenvalue weighted by Gasteiger charge is 2.30. The van der Waals surface area contributed by atoms with Gasteiger partial charge < -0.3 is 24.8 Å². The van der Waals surface area contributed by atoms with Crippen molar-refractivity contribution in [3.05, 3.63) is 46.4 Å². The van der Waals surface area contributed by atoms with E-state index in [-0.39, 0.29) is 12.1 Å². The number of hydrogen-bond acceptors (Lipinski definition) is 5. The van der Waals surface area contributed by atoms with Gasteiger partial charge in [0.25, 0.3) is 5.91 Å². The predicted octanol–water partition coefficient (Wildman–Crippen LogP) is 3.29. The van der Waals surface area contributed by atoms with Gasteiger partial charge in [-0.25, -0.2) is 4.98 Å². The van der Waals surface area contributed by atoms with E-state index in [2.05, 4.69) is 22.1 Å². The van der Waals surface area contributed by atoms with E-state index >= 15 is 0 Å². The summed E-state index contributed by atoms with van der Waals surface area (Å²) in [7, 11) is 1.62. The lowest BCUT2D eigenvalue weighted by atomic mass is 10.1. The topological polar surface area (TPSA) is 73.5 Å². The molecule has 3 aliphatic heterocycles. The number of allylic oxidation sites excluding steroid dienone is 2. The number of amides is 1. The maximum Gasteiger partial charge on any atom is 0.254 e. The molecule has 1 aromatic heterocycles. The van der Waals surface area contributed by atoms with Gasteiger partial charge in [-0.2, -0.15) is 0 Å². The molecule has 0 saturated carbocycles. The summed E-state index contributed by atoms with van der Waals surface area (Å²) in [4.78, 5) is 25.6. The first-order chi connectivity index (χ1) is 15.0. The highest BCUT2D eigenvalue weighted by molar-refractivity contribution is 6.34. The Bertz CT molecular complexity index is 1070. The van der Waals surface area contributed by atoms with E-state index in [1.54, 1.807) is 19.4 Å². The lowest BCUT2D eigenvalue weighted by Gasteiger charge is -2.24. The normalized spacial score (nSPS) is 22.5. The lowest BCUT2D eigenvalue weighted by Crippen LogP contribution is -2.34. The lowest BCUT2D eigenvalue weighted by molar-refractivity contribution is 0.0745. The van der Waals surface area contributed by atoms with E-state index in [0.29, 0.717) is 23.3 Å². The Morgan fingerprint density at radius 2 is 2.10 bits per heavy atom. The van der Waals surface area contributed by atoms with Crippen molar-refractivity contribution >= 4 is 34.1 Å². The fourth-order valence-electron chi connectivity index (χ4n) is 4.92. The van der Waals surface area contributed by atoms with E-state index in [4.69, 9.17) is 21.3 Å². The SMILES string of the molecule is COC1NC=CC(Cl)=C1c1nc2cc3c(cc2[nH]1)CN(CC(C)CN1CCCC1)C3=O. The van der Waals surface area contributed by atoms with Crippen LogP contribution in [0.3, 0.4) is 0 Å². The molecule has 1 saturated heterocycles. The molecule has 1 aromatic carbocycles. The van der Waals surface area contributed by atoms with Crippen molar-refractivity contribution in [2.45, 2.75) is 32.5 Å². The Morgan fingerprint density at radius 1 is 1.29 bits per heavy atom. The predicted molar refractivity (Wildman–Crippen MR) is 122 cm³/mol. The Labute approximate surface area is 187 Å². The minimum atomic E-state index is -0.376. The summed E-state index contributed by atoms with van der Waals surface area (Å²) in [6.45, 7) is 7.11. The van der Waals surface area contributed by atoms with Crippen LogP contribution in [0.25, 0.3) is 16.6 Å². The molecule has 0 spiro atoms. The van der Waals surface area contributed by atoms with Gasteiger partial charge in [-0.1, -0.05) is 18.5 Å². The molecule has 164 valence electrons. The molecule has 8 heteroatoms. The van der Waals surface area contributed by atoms with Crippen LogP contribution in [0.4, 0.5) is 0 Å². The molecular formula is C23H28ClN5O2. The van der Waals surface area contributed by atoms with Crippen LogP contribution in [0.2, 0.25) is 0 Å². The van der Waals surface area contributed by atoms with E-state index < -0.39 is 0 Å². The third-order valence-electron chi connectivity index (χ3n) is 6.37. The number of H-pyrrole nitrogens is 1. The Balaban J connectivity index is 1.36. The summed E-state index contributed by atoms with van der Waals surface area (Å²) in [5, 5.41) is 3.70. The molecule has 0 radical (unpaired) electrons. The molecule has 1 fully saturated rings. The summed E-state index contributed by atoms with van der Waals surface area (Å²) < 4.78 is 5.49. The number of carbonyl (C=O) groups excluding carboxylic acids is 1. The van der Waals surface area contributed by atoms with Crippen molar-refractivity contribution in [3.63, 3.8) is 0 Å². The quantitative estimate of drug-likeness (QED) is 0.719. The van der Waals surface area contributed by atoms with Crippen molar-refractivity contribution in [2.24, 2.45) is 5.92 Å². The zero-order valence-corrected chi connectivity index (χ0v) is 18.7. The summed E-state index contributed by atoms with van der Waals surface area (Å²) in [6.07, 6.45) is 5.75. The molecule has 3 aliphatic rings. The first-order valence-corrected chi connectivity index (χ1v) is 11.3. The van der Waals surface area contributed by atoms with Crippen molar-refractivity contribution in [1.29, 1.82) is 0 Å². The van der Waals surface area contributed by atoms with E-state index in [0.717, 1.165) is 40.8 Å². The Kier molecular flexibility index (Phi) is 5.50. The number of rotatable bonds is 6. The molecule has 1 amide bonds. The van der Waals surface area contributed by atoms with Gasteiger partial charge in [0.1, 0.15) is 5.82 Å². The Hall–Kier alpha value is -2.35. The number of ether oxygens (including phenoxy) is 1. The average molecular weight is 442 g/mol.